The fourth-order valence-corrected chi connectivity index (χ4v) is 2.75. The van der Waals surface area contributed by atoms with Gasteiger partial charge in [-0.2, -0.15) is 9.78 Å². The molecule has 0 saturated carbocycles. The number of rotatable bonds is 12. The second-order valence-corrected chi connectivity index (χ2v) is 8.89. The number of aliphatic carboxylic acids is 1. The van der Waals surface area contributed by atoms with Crippen LogP contribution >= 0.6 is 0 Å². The summed E-state index contributed by atoms with van der Waals surface area (Å²) in [6, 6.07) is 3.94. The van der Waals surface area contributed by atoms with Gasteiger partial charge in [-0.05, 0) is 38.8 Å². The van der Waals surface area contributed by atoms with Crippen LogP contribution in [-0.2, 0) is 14.9 Å². The molecule has 0 aliphatic rings. The second-order valence-electron chi connectivity index (χ2n) is 8.89. The molecule has 0 amide bonds. The summed E-state index contributed by atoms with van der Waals surface area (Å²) in [5.41, 5.74) is -0.225. The average Bonchev–Trinajstić information content (AvgIpc) is 3.20. The highest BCUT2D eigenvalue weighted by atomic mass is 16.5. The van der Waals surface area contributed by atoms with Crippen LogP contribution in [0.25, 0.3) is 5.82 Å². The molecular weight excluding hydrogens is 384 g/mol. The number of ether oxygens (including phenoxy) is 2. The number of carboxylic acids is 1. The van der Waals surface area contributed by atoms with Crippen molar-refractivity contribution in [1.29, 1.82) is 0 Å². The van der Waals surface area contributed by atoms with Crippen molar-refractivity contribution in [3.63, 3.8) is 0 Å². The summed E-state index contributed by atoms with van der Waals surface area (Å²) in [5.74, 6) is 0.408. The van der Waals surface area contributed by atoms with E-state index >= 15 is 0 Å². The van der Waals surface area contributed by atoms with Gasteiger partial charge in [0.25, 0.3) is 0 Å². The Balaban J connectivity index is 1.75. The smallest absolute Gasteiger partial charge is 0.335 e. The van der Waals surface area contributed by atoms with E-state index in [1.54, 1.807) is 24.9 Å². The van der Waals surface area contributed by atoms with E-state index in [0.29, 0.717) is 24.8 Å². The van der Waals surface area contributed by atoms with E-state index in [-0.39, 0.29) is 5.41 Å². The maximum atomic E-state index is 11.0. The summed E-state index contributed by atoms with van der Waals surface area (Å²) < 4.78 is 13.0. The largest absolute Gasteiger partial charge is 0.490 e. The van der Waals surface area contributed by atoms with E-state index in [4.69, 9.17) is 19.6 Å². The van der Waals surface area contributed by atoms with E-state index in [1.807, 2.05) is 12.1 Å². The van der Waals surface area contributed by atoms with Crippen LogP contribution in [0.4, 0.5) is 0 Å². The Bertz CT molecular complexity index is 798. The third-order valence-electron chi connectivity index (χ3n) is 4.77. The van der Waals surface area contributed by atoms with Gasteiger partial charge in [0.15, 0.2) is 17.2 Å². The summed E-state index contributed by atoms with van der Waals surface area (Å²) in [4.78, 5) is 19.8. The highest BCUT2D eigenvalue weighted by molar-refractivity contribution is 5.76. The molecule has 0 unspecified atom stereocenters. The first-order chi connectivity index (χ1) is 14.1. The van der Waals surface area contributed by atoms with Gasteiger partial charge in [-0.3, -0.25) is 0 Å². The van der Waals surface area contributed by atoms with Crippen molar-refractivity contribution >= 4 is 5.97 Å². The lowest BCUT2D eigenvalue weighted by Gasteiger charge is -2.20. The summed E-state index contributed by atoms with van der Waals surface area (Å²) in [6.07, 6.45) is 7.98. The highest BCUT2D eigenvalue weighted by Gasteiger charge is 2.27. The molecule has 0 saturated heterocycles. The molecule has 0 aromatic carbocycles. The zero-order valence-corrected chi connectivity index (χ0v) is 18.7. The SMILES string of the molecule is CC(C)(OCCCCCCCOc1ccc(C(C)(C)C)nc1-n1cncn1)C(=O)O. The minimum Gasteiger partial charge on any atom is -0.490 e. The van der Waals surface area contributed by atoms with Crippen LogP contribution in [0.3, 0.4) is 0 Å². The van der Waals surface area contributed by atoms with Crippen molar-refractivity contribution in [1.82, 2.24) is 19.7 Å². The van der Waals surface area contributed by atoms with Gasteiger partial charge in [-0.1, -0.05) is 40.0 Å². The molecule has 2 heterocycles. The van der Waals surface area contributed by atoms with Gasteiger partial charge in [0.1, 0.15) is 12.7 Å². The number of unbranched alkanes of at least 4 members (excludes halogenated alkanes) is 4. The van der Waals surface area contributed by atoms with E-state index in [1.165, 1.54) is 6.33 Å². The molecule has 8 heteroatoms. The Morgan fingerprint density at radius 2 is 1.70 bits per heavy atom. The molecule has 30 heavy (non-hydrogen) atoms. The number of aromatic nitrogens is 4. The molecular formula is C22H34N4O4. The first-order valence-electron chi connectivity index (χ1n) is 10.5. The van der Waals surface area contributed by atoms with Crippen molar-refractivity contribution in [2.24, 2.45) is 0 Å². The van der Waals surface area contributed by atoms with Crippen LogP contribution in [-0.4, -0.2) is 49.6 Å². The van der Waals surface area contributed by atoms with E-state index < -0.39 is 11.6 Å². The lowest BCUT2D eigenvalue weighted by Crippen LogP contribution is -2.35. The highest BCUT2D eigenvalue weighted by Crippen LogP contribution is 2.27. The van der Waals surface area contributed by atoms with E-state index in [9.17, 15) is 4.79 Å². The number of hydrogen-bond acceptors (Lipinski definition) is 6. The Labute approximate surface area is 178 Å². The normalized spacial score (nSPS) is 12.2. The number of nitrogens with zero attached hydrogens (tertiary/aromatic N) is 4. The molecule has 2 aromatic rings. The standard InChI is InChI=1S/C22H34N4O4/c1-21(2,3)18-12-11-17(19(25-18)26-16-23-15-24-26)29-13-9-7-6-8-10-14-30-22(4,5)20(27)28/h11-12,15-16H,6-10,13-14H2,1-5H3,(H,27,28). The van der Waals surface area contributed by atoms with Gasteiger partial charge < -0.3 is 14.6 Å². The van der Waals surface area contributed by atoms with Gasteiger partial charge in [0.2, 0.25) is 0 Å². The summed E-state index contributed by atoms with van der Waals surface area (Å²) >= 11 is 0. The molecule has 2 aromatic heterocycles. The Morgan fingerprint density at radius 1 is 1.03 bits per heavy atom. The summed E-state index contributed by atoms with van der Waals surface area (Å²) in [6.45, 7) is 10.6. The van der Waals surface area contributed by atoms with Gasteiger partial charge >= 0.3 is 5.97 Å². The number of pyridine rings is 1. The minimum atomic E-state index is -1.12. The second kappa shape index (κ2) is 10.5. The molecule has 0 bridgehead atoms. The molecule has 8 nitrogen and oxygen atoms in total. The monoisotopic (exact) mass is 418 g/mol. The molecule has 1 N–H and O–H groups in total. The zero-order valence-electron chi connectivity index (χ0n) is 18.7. The first kappa shape index (κ1) is 23.8. The van der Waals surface area contributed by atoms with Crippen LogP contribution in [0.15, 0.2) is 24.8 Å². The lowest BCUT2D eigenvalue weighted by molar-refractivity contribution is -0.161. The third kappa shape index (κ3) is 7.09. The van der Waals surface area contributed by atoms with Crippen molar-refractivity contribution < 1.29 is 19.4 Å². The minimum absolute atomic E-state index is 0.0722. The van der Waals surface area contributed by atoms with E-state index in [2.05, 4.69) is 30.9 Å². The van der Waals surface area contributed by atoms with Gasteiger partial charge in [0, 0.05) is 17.7 Å². The lowest BCUT2D eigenvalue weighted by atomic mass is 9.91. The number of carbonyl (C=O) groups is 1. The number of hydrogen-bond donors (Lipinski definition) is 1. The van der Waals surface area contributed by atoms with Gasteiger partial charge in [-0.25, -0.2) is 14.8 Å². The molecule has 0 radical (unpaired) electrons. The fraction of sp³-hybridized carbons (Fsp3) is 0.636. The van der Waals surface area contributed by atoms with Crippen LogP contribution in [0.2, 0.25) is 0 Å². The van der Waals surface area contributed by atoms with Crippen LogP contribution < -0.4 is 4.74 Å². The first-order valence-corrected chi connectivity index (χ1v) is 10.5. The van der Waals surface area contributed by atoms with Crippen molar-refractivity contribution in [3.8, 4) is 11.6 Å². The van der Waals surface area contributed by atoms with Crippen LogP contribution in [0, 0.1) is 0 Å². The molecule has 0 spiro atoms. The van der Waals surface area contributed by atoms with Crippen molar-refractivity contribution in [2.45, 2.75) is 77.7 Å². The summed E-state index contributed by atoms with van der Waals surface area (Å²) in [7, 11) is 0. The molecule has 0 atom stereocenters. The quantitative estimate of drug-likeness (QED) is 0.516. The van der Waals surface area contributed by atoms with Crippen molar-refractivity contribution in [2.75, 3.05) is 13.2 Å². The molecule has 0 aliphatic carbocycles. The van der Waals surface area contributed by atoms with Gasteiger partial charge in [-0.15, -0.1) is 0 Å². The molecule has 166 valence electrons. The third-order valence-corrected chi connectivity index (χ3v) is 4.77. The number of carboxylic acid groups (broad SMARTS) is 1. The Morgan fingerprint density at radius 3 is 2.30 bits per heavy atom. The zero-order chi connectivity index (χ0) is 22.2. The Kier molecular flexibility index (Phi) is 8.34. The van der Waals surface area contributed by atoms with Crippen LogP contribution in [0.5, 0.6) is 5.75 Å². The predicted octanol–water partition coefficient (Wildman–Crippen LogP) is 4.17. The van der Waals surface area contributed by atoms with Gasteiger partial charge in [0.05, 0.1) is 6.61 Å². The Hall–Kier alpha value is -2.48. The van der Waals surface area contributed by atoms with Crippen LogP contribution in [0.1, 0.15) is 72.4 Å². The topological polar surface area (TPSA) is 99.4 Å². The fourth-order valence-electron chi connectivity index (χ4n) is 2.75. The molecule has 2 rings (SSSR count). The predicted molar refractivity (Wildman–Crippen MR) is 114 cm³/mol. The van der Waals surface area contributed by atoms with Crippen molar-refractivity contribution in [3.05, 3.63) is 30.5 Å². The maximum absolute atomic E-state index is 11.0. The molecule has 0 fully saturated rings. The average molecular weight is 419 g/mol. The summed E-state index contributed by atoms with van der Waals surface area (Å²) in [5, 5.41) is 13.2. The van der Waals surface area contributed by atoms with E-state index in [0.717, 1.165) is 37.8 Å². The maximum Gasteiger partial charge on any atom is 0.335 e. The molecule has 0 aliphatic heterocycles.